The van der Waals surface area contributed by atoms with Crippen LogP contribution >= 0.6 is 46.4 Å². The van der Waals surface area contributed by atoms with E-state index in [1.807, 2.05) is 6.92 Å². The third kappa shape index (κ3) is 28.3. The van der Waals surface area contributed by atoms with E-state index in [1.165, 1.54) is 52.7 Å². The van der Waals surface area contributed by atoms with Gasteiger partial charge < -0.3 is 72.1 Å². The van der Waals surface area contributed by atoms with E-state index in [4.69, 9.17) is 73.5 Å². The molecule has 714 valence electrons. The number of amides is 7. The molecule has 0 radical (unpaired) electrons. The molecular weight excluding hydrogens is 1890 g/mol. The second-order valence-electron chi connectivity index (χ2n) is 33.4. The first-order chi connectivity index (χ1) is 64.3. The Morgan fingerprint density at radius 1 is 0.360 bits per heavy atom. The Bertz CT molecular complexity index is 6650. The molecule has 7 amide bonds. The number of hydrogen-bond donors (Lipinski definition) is 11. The number of benzene rings is 4. The Hall–Kier alpha value is -13.5. The van der Waals surface area contributed by atoms with Gasteiger partial charge in [0.05, 0.1) is 61.7 Å². The van der Waals surface area contributed by atoms with E-state index in [1.54, 1.807) is 194 Å². The van der Waals surface area contributed by atoms with Crippen LogP contribution in [0.15, 0.2) is 189 Å². The highest BCUT2D eigenvalue weighted by molar-refractivity contribution is 7.52. The van der Waals surface area contributed by atoms with Crippen LogP contribution in [-0.2, 0) is 94.7 Å². The number of rotatable bonds is 21. The van der Waals surface area contributed by atoms with Crippen molar-refractivity contribution in [1.29, 1.82) is 0 Å². The predicted molar refractivity (Wildman–Crippen MR) is 509 cm³/mol. The van der Waals surface area contributed by atoms with Crippen LogP contribution in [0.2, 0.25) is 20.1 Å². The highest BCUT2D eigenvalue weighted by atomic mass is 35.5. The Labute approximate surface area is 802 Å². The monoisotopic (exact) mass is 1980 g/mol. The molecule has 0 spiro atoms. The maximum absolute atomic E-state index is 13.3. The van der Waals surface area contributed by atoms with Crippen molar-refractivity contribution in [2.75, 3.05) is 64.7 Å². The molecule has 0 bridgehead atoms. The SMILES string of the molecule is CC1(O)CNC1.CNc1ccc2cc(C(=O)NCc3ccc(Cl)cc3)c(=O)n(CC(=O)N3CC(C)(O)C3)c2n1.Cc1ccc2cc(C(=O)NCc3ccc(Cl)cc3)c(=O)n(CC(=O)N3CC(C)(O)C3)c2n1.Cc1ccc2cc(C(=O)NCc3ccc(Cl)cc3)c(=O)n(CC(=O)N3CC(C)(O)C3)c2n1.Cc1ccc2cc(C(=O)NCc3ccc(Cl)cc3)c(=O)n(CC(=O)O)c2n1.O=S=O.O=S=O. The molecule has 136 heavy (non-hydrogen) atoms. The fourth-order valence-electron chi connectivity index (χ4n) is 14.4. The van der Waals surface area contributed by atoms with Gasteiger partial charge in [0.25, 0.3) is 45.9 Å². The third-order valence-electron chi connectivity index (χ3n) is 21.3. The van der Waals surface area contributed by atoms with Crippen LogP contribution in [0, 0.1) is 20.8 Å². The number of carboxylic acids is 1. The molecule has 12 heterocycles. The highest BCUT2D eigenvalue weighted by Crippen LogP contribution is 2.27. The van der Waals surface area contributed by atoms with Gasteiger partial charge in [-0.2, -0.15) is 16.8 Å². The molecule has 4 aliphatic heterocycles. The standard InChI is InChI=1S/C23H24ClN5O4.2C23H23ClN4O4.C19H16ClN3O4.C4H9NO.2O2S/c1-23(33)12-28(13-23)19(30)11-29-20-15(5-8-18(25-2)27-20)9-17(22(29)32)21(31)26-10-14-3-6-16(24)7-4-14;2*1-14-3-6-16-9-18(21(30)25-10-15-4-7-17(24)8-5-15)22(31)28(20(16)26-14)11-19(29)27-12-23(2,32)13-27;1-11-2-5-13-8-15(19(27)23(10-16(24)25)17(13)22-11)18(26)21-9-12-3-6-14(20)7-4-12;1-4(6)2-5-3-4;2*1-3-2/h3-9,33H,10-13H2,1-2H3,(H,25,27)(H,26,31);2*3-9,32H,10-13H2,1-2H3,(H,25,30);2-8H,9-10H2,1H3,(H,21,26)(H,24,25);5-6H,2-3H2,1H3;;. The molecule has 16 rings (SSSR count). The highest BCUT2D eigenvalue weighted by Gasteiger charge is 2.42. The Morgan fingerprint density at radius 2 is 0.581 bits per heavy atom. The van der Waals surface area contributed by atoms with Crippen molar-refractivity contribution >= 4 is 167 Å². The van der Waals surface area contributed by atoms with Crippen molar-refractivity contribution in [2.45, 2.75) is 123 Å². The van der Waals surface area contributed by atoms with Crippen LogP contribution in [-0.4, -0.2) is 224 Å². The van der Waals surface area contributed by atoms with Crippen molar-refractivity contribution in [3.63, 3.8) is 0 Å². The van der Waals surface area contributed by atoms with Crippen LogP contribution in [0.25, 0.3) is 44.1 Å². The predicted octanol–water partition coefficient (Wildman–Crippen LogP) is 5.75. The van der Waals surface area contributed by atoms with Crippen LogP contribution in [0.3, 0.4) is 0 Å². The Morgan fingerprint density at radius 3 is 0.787 bits per heavy atom. The van der Waals surface area contributed by atoms with E-state index in [2.05, 4.69) is 51.8 Å². The van der Waals surface area contributed by atoms with Gasteiger partial charge in [-0.1, -0.05) is 94.9 Å². The summed E-state index contributed by atoms with van der Waals surface area (Å²) < 4.78 is 37.8. The van der Waals surface area contributed by atoms with Crippen molar-refractivity contribution in [2.24, 2.45) is 0 Å². The number of fused-ring (bicyclic) bond motifs is 4. The average molecular weight is 1980 g/mol. The molecule has 4 saturated heterocycles. The largest absolute Gasteiger partial charge is 0.480 e. The fraction of sp³-hybridized carbons (Fsp3) is 0.304. The number of pyridine rings is 8. The Kier molecular flexibility index (Phi) is 35.5. The quantitative estimate of drug-likeness (QED) is 0.0408. The van der Waals surface area contributed by atoms with Gasteiger partial charge in [0, 0.05) is 105 Å². The van der Waals surface area contributed by atoms with E-state index in [0.717, 1.165) is 39.9 Å². The number of carbonyl (C=O) groups excluding carboxylic acids is 7. The minimum Gasteiger partial charge on any atom is -0.480 e. The molecule has 0 saturated carbocycles. The normalized spacial score (nSPS) is 14.1. The lowest BCUT2D eigenvalue weighted by molar-refractivity contribution is -0.153. The number of anilines is 1. The molecular formula is C92H95Cl4N17O21S2. The zero-order valence-electron chi connectivity index (χ0n) is 74.5. The number of halogens is 4. The zero-order chi connectivity index (χ0) is 99.4. The van der Waals surface area contributed by atoms with Gasteiger partial charge >= 0.3 is 29.1 Å². The van der Waals surface area contributed by atoms with E-state index in [9.17, 15) is 72.9 Å². The number of carbonyl (C=O) groups is 8. The number of hydrogen-bond acceptors (Lipinski definition) is 26. The van der Waals surface area contributed by atoms with Crippen LogP contribution in [0.4, 0.5) is 5.82 Å². The number of nitrogens with one attached hydrogen (secondary N) is 6. The number of nitrogens with zero attached hydrogens (tertiary/aromatic N) is 11. The van der Waals surface area contributed by atoms with Crippen molar-refractivity contribution in [3.05, 3.63) is 293 Å². The summed E-state index contributed by atoms with van der Waals surface area (Å²) >= 11 is 22.0. The van der Waals surface area contributed by atoms with Crippen molar-refractivity contribution in [1.82, 2.24) is 79.5 Å². The first-order valence-corrected chi connectivity index (χ1v) is 44.5. The van der Waals surface area contributed by atoms with E-state index in [0.29, 0.717) is 81.5 Å². The fourth-order valence-corrected chi connectivity index (χ4v) is 14.9. The molecule has 8 aromatic heterocycles. The lowest BCUT2D eigenvalue weighted by Crippen LogP contribution is -2.62. The molecule has 0 atom stereocenters. The van der Waals surface area contributed by atoms with Crippen LogP contribution in [0.5, 0.6) is 0 Å². The molecule has 0 unspecified atom stereocenters. The minimum absolute atomic E-state index is 0.0690. The summed E-state index contributed by atoms with van der Waals surface area (Å²) in [6.45, 7) is 14.2. The van der Waals surface area contributed by atoms with Crippen molar-refractivity contribution < 1.29 is 80.7 Å². The van der Waals surface area contributed by atoms with Gasteiger partial charge in [-0.15, -0.1) is 0 Å². The number of aliphatic hydroxyl groups is 4. The molecule has 4 aromatic carbocycles. The number of aromatic nitrogens is 8. The van der Waals surface area contributed by atoms with Gasteiger partial charge in [-0.05, 0) is 192 Å². The summed E-state index contributed by atoms with van der Waals surface area (Å²) in [5.41, 5.74) is 0.523. The van der Waals surface area contributed by atoms with E-state index >= 15 is 0 Å². The molecule has 4 aliphatic rings. The molecule has 12 aromatic rings. The van der Waals surface area contributed by atoms with Gasteiger partial charge in [-0.25, -0.2) is 19.9 Å². The summed E-state index contributed by atoms with van der Waals surface area (Å²) in [4.78, 5) is 175. The van der Waals surface area contributed by atoms with Crippen LogP contribution in [0.1, 0.15) is 108 Å². The second kappa shape index (κ2) is 46.1. The van der Waals surface area contributed by atoms with Gasteiger partial charge in [-0.3, -0.25) is 75.8 Å². The maximum atomic E-state index is 13.3. The van der Waals surface area contributed by atoms with Crippen LogP contribution < -0.4 is 54.1 Å². The van der Waals surface area contributed by atoms with E-state index < -0.39 is 98.3 Å². The maximum Gasteiger partial charge on any atom is 0.335 e. The van der Waals surface area contributed by atoms with Gasteiger partial charge in [0.1, 0.15) is 76.8 Å². The Balaban J connectivity index is 0.000000180. The van der Waals surface area contributed by atoms with E-state index in [-0.39, 0.29) is 136 Å². The average Bonchev–Trinajstić information content (AvgIpc) is 0.781. The summed E-state index contributed by atoms with van der Waals surface area (Å²) in [5, 5.41) is 69.1. The second-order valence-corrected chi connectivity index (χ2v) is 35.4. The smallest absolute Gasteiger partial charge is 0.335 e. The first-order valence-electron chi connectivity index (χ1n) is 41.7. The molecule has 0 aliphatic carbocycles. The summed E-state index contributed by atoms with van der Waals surface area (Å²) in [5.74, 6) is -3.86. The van der Waals surface area contributed by atoms with Crippen molar-refractivity contribution in [3.8, 4) is 0 Å². The summed E-state index contributed by atoms with van der Waals surface area (Å²) in [6, 6.07) is 47.8. The van der Waals surface area contributed by atoms with Gasteiger partial charge in [0.2, 0.25) is 17.7 Å². The number of aryl methyl sites for hydroxylation is 3. The minimum atomic E-state index is -1.19. The number of likely N-dealkylation sites (tertiary alicyclic amines) is 3. The summed E-state index contributed by atoms with van der Waals surface area (Å²) in [6.07, 6.45) is 0. The lowest BCUT2D eigenvalue weighted by Gasteiger charge is -2.44. The molecule has 44 heteroatoms. The summed E-state index contributed by atoms with van der Waals surface area (Å²) in [7, 11) is 1.70. The van der Waals surface area contributed by atoms with Gasteiger partial charge in [0.15, 0.2) is 0 Å². The lowest BCUT2D eigenvalue weighted by atomic mass is 9.97. The molecule has 38 nitrogen and oxygen atoms in total. The zero-order valence-corrected chi connectivity index (χ0v) is 79.2. The number of aliphatic carboxylic acids is 1. The molecule has 11 N–H and O–H groups in total. The third-order valence-corrected chi connectivity index (χ3v) is 22.3. The number of carboxylic acid groups (broad SMARTS) is 1. The number of β-amino-alcohol motifs (C(OH)–C–C–N with tert-alkyl or cyclic N) is 4. The first kappa shape index (κ1) is 105. The molecule has 4 fully saturated rings. The topological polar surface area (TPSA) is 527 Å².